The van der Waals surface area contributed by atoms with Crippen LogP contribution < -0.4 is 0 Å². The first-order chi connectivity index (χ1) is 5.22. The lowest BCUT2D eigenvalue weighted by molar-refractivity contribution is 0.122. The van der Waals surface area contributed by atoms with Crippen LogP contribution in [0.5, 0.6) is 0 Å². The molecule has 1 atom stereocenters. The molecule has 0 amide bonds. The SMILES string of the molecule is CCCCC(COC)C(C)C. The molecule has 0 fully saturated rings. The van der Waals surface area contributed by atoms with Gasteiger partial charge in [0.2, 0.25) is 0 Å². The number of methoxy groups -OCH3 is 1. The van der Waals surface area contributed by atoms with Crippen LogP contribution in [0.4, 0.5) is 0 Å². The van der Waals surface area contributed by atoms with Gasteiger partial charge < -0.3 is 4.74 Å². The lowest BCUT2D eigenvalue weighted by Gasteiger charge is -2.19. The summed E-state index contributed by atoms with van der Waals surface area (Å²) in [4.78, 5) is 0. The molecule has 0 rings (SSSR count). The smallest absolute Gasteiger partial charge is 0.0492 e. The highest BCUT2D eigenvalue weighted by molar-refractivity contribution is 4.61. The van der Waals surface area contributed by atoms with Gasteiger partial charge in [0.25, 0.3) is 0 Å². The number of unbranched alkanes of at least 4 members (excludes halogenated alkanes) is 1. The van der Waals surface area contributed by atoms with Gasteiger partial charge in [-0.1, -0.05) is 33.6 Å². The van der Waals surface area contributed by atoms with Crippen LogP contribution in [0.2, 0.25) is 0 Å². The maximum atomic E-state index is 5.16. The van der Waals surface area contributed by atoms with Gasteiger partial charge in [0, 0.05) is 13.7 Å². The van der Waals surface area contributed by atoms with Crippen LogP contribution in [0.3, 0.4) is 0 Å². The average molecular weight is 158 g/mol. The Labute approximate surface area is 71.1 Å². The third-order valence-corrected chi connectivity index (χ3v) is 2.25. The number of ether oxygens (including phenoxy) is 1. The standard InChI is InChI=1S/C10H22O/c1-5-6-7-10(8-11-4)9(2)3/h9-10H,5-8H2,1-4H3. The molecule has 0 saturated carbocycles. The number of hydrogen-bond acceptors (Lipinski definition) is 1. The Morgan fingerprint density at radius 3 is 2.27 bits per heavy atom. The summed E-state index contributed by atoms with van der Waals surface area (Å²) in [6.07, 6.45) is 3.96. The van der Waals surface area contributed by atoms with E-state index in [0.717, 1.165) is 18.4 Å². The summed E-state index contributed by atoms with van der Waals surface area (Å²) < 4.78 is 5.16. The molecular weight excluding hydrogens is 136 g/mol. The van der Waals surface area contributed by atoms with Crippen LogP contribution in [0, 0.1) is 11.8 Å². The summed E-state index contributed by atoms with van der Waals surface area (Å²) in [5, 5.41) is 0. The summed E-state index contributed by atoms with van der Waals surface area (Å²) in [6.45, 7) is 7.72. The van der Waals surface area contributed by atoms with E-state index in [-0.39, 0.29) is 0 Å². The van der Waals surface area contributed by atoms with Crippen molar-refractivity contribution in [3.05, 3.63) is 0 Å². The van der Waals surface area contributed by atoms with Crippen LogP contribution in [0.25, 0.3) is 0 Å². The predicted molar refractivity (Wildman–Crippen MR) is 49.7 cm³/mol. The zero-order valence-electron chi connectivity index (χ0n) is 8.39. The molecule has 0 aromatic heterocycles. The minimum Gasteiger partial charge on any atom is -0.384 e. The van der Waals surface area contributed by atoms with E-state index < -0.39 is 0 Å². The van der Waals surface area contributed by atoms with Crippen molar-refractivity contribution < 1.29 is 4.74 Å². The molecular formula is C10H22O. The van der Waals surface area contributed by atoms with Crippen molar-refractivity contribution in [1.29, 1.82) is 0 Å². The first kappa shape index (κ1) is 11.0. The predicted octanol–water partition coefficient (Wildman–Crippen LogP) is 3.10. The van der Waals surface area contributed by atoms with E-state index in [0.29, 0.717) is 0 Å². The molecule has 1 nitrogen and oxygen atoms in total. The van der Waals surface area contributed by atoms with E-state index >= 15 is 0 Å². The number of hydrogen-bond donors (Lipinski definition) is 0. The van der Waals surface area contributed by atoms with E-state index in [1.165, 1.54) is 19.3 Å². The number of rotatable bonds is 6. The Balaban J connectivity index is 3.51. The second-order valence-corrected chi connectivity index (χ2v) is 3.60. The molecule has 0 spiro atoms. The molecule has 0 aliphatic rings. The van der Waals surface area contributed by atoms with E-state index in [2.05, 4.69) is 20.8 Å². The van der Waals surface area contributed by atoms with E-state index in [9.17, 15) is 0 Å². The van der Waals surface area contributed by atoms with Crippen molar-refractivity contribution in [2.24, 2.45) is 11.8 Å². The van der Waals surface area contributed by atoms with Gasteiger partial charge in [-0.3, -0.25) is 0 Å². The summed E-state index contributed by atoms with van der Waals surface area (Å²) in [5.41, 5.74) is 0. The highest BCUT2D eigenvalue weighted by Crippen LogP contribution is 2.17. The monoisotopic (exact) mass is 158 g/mol. The molecule has 1 heteroatoms. The van der Waals surface area contributed by atoms with Crippen LogP contribution in [-0.4, -0.2) is 13.7 Å². The molecule has 0 aromatic rings. The Morgan fingerprint density at radius 1 is 1.27 bits per heavy atom. The molecule has 0 saturated heterocycles. The Bertz CT molecular complexity index is 78.9. The second-order valence-electron chi connectivity index (χ2n) is 3.60. The van der Waals surface area contributed by atoms with Gasteiger partial charge in [0.1, 0.15) is 0 Å². The third-order valence-electron chi connectivity index (χ3n) is 2.25. The third kappa shape index (κ3) is 5.25. The van der Waals surface area contributed by atoms with Crippen molar-refractivity contribution >= 4 is 0 Å². The first-order valence-corrected chi connectivity index (χ1v) is 4.71. The maximum Gasteiger partial charge on any atom is 0.0492 e. The molecule has 0 aromatic carbocycles. The van der Waals surface area contributed by atoms with Crippen molar-refractivity contribution in [1.82, 2.24) is 0 Å². The van der Waals surface area contributed by atoms with E-state index in [4.69, 9.17) is 4.74 Å². The van der Waals surface area contributed by atoms with Crippen LogP contribution in [0.1, 0.15) is 40.0 Å². The highest BCUT2D eigenvalue weighted by atomic mass is 16.5. The normalized spacial score (nSPS) is 13.9. The maximum absolute atomic E-state index is 5.16. The van der Waals surface area contributed by atoms with Crippen molar-refractivity contribution in [3.63, 3.8) is 0 Å². The molecule has 0 radical (unpaired) electrons. The summed E-state index contributed by atoms with van der Waals surface area (Å²) in [6, 6.07) is 0. The molecule has 1 unspecified atom stereocenters. The largest absolute Gasteiger partial charge is 0.384 e. The van der Waals surface area contributed by atoms with Gasteiger partial charge in [-0.05, 0) is 18.3 Å². The molecule has 0 N–H and O–H groups in total. The Hall–Kier alpha value is -0.0400. The second kappa shape index (κ2) is 6.66. The zero-order valence-corrected chi connectivity index (χ0v) is 8.39. The van der Waals surface area contributed by atoms with Crippen LogP contribution in [-0.2, 0) is 4.74 Å². The fraction of sp³-hybridized carbons (Fsp3) is 1.00. The molecule has 0 aliphatic heterocycles. The van der Waals surface area contributed by atoms with Crippen molar-refractivity contribution in [3.8, 4) is 0 Å². The van der Waals surface area contributed by atoms with Crippen LogP contribution >= 0.6 is 0 Å². The summed E-state index contributed by atoms with van der Waals surface area (Å²) in [5.74, 6) is 1.53. The lowest BCUT2D eigenvalue weighted by Crippen LogP contribution is -2.14. The van der Waals surface area contributed by atoms with Gasteiger partial charge in [0.15, 0.2) is 0 Å². The topological polar surface area (TPSA) is 9.23 Å². The quantitative estimate of drug-likeness (QED) is 0.577. The minimum atomic E-state index is 0.764. The lowest BCUT2D eigenvalue weighted by atomic mass is 9.91. The fourth-order valence-corrected chi connectivity index (χ4v) is 1.29. The Kier molecular flexibility index (Phi) is 6.63. The van der Waals surface area contributed by atoms with Gasteiger partial charge in [0.05, 0.1) is 0 Å². The van der Waals surface area contributed by atoms with Gasteiger partial charge in [-0.2, -0.15) is 0 Å². The average Bonchev–Trinajstić information content (AvgIpc) is 1.97. The van der Waals surface area contributed by atoms with Gasteiger partial charge in [-0.15, -0.1) is 0 Å². The zero-order chi connectivity index (χ0) is 8.69. The summed E-state index contributed by atoms with van der Waals surface area (Å²) in [7, 11) is 1.79. The van der Waals surface area contributed by atoms with Crippen LogP contribution in [0.15, 0.2) is 0 Å². The first-order valence-electron chi connectivity index (χ1n) is 4.71. The summed E-state index contributed by atoms with van der Waals surface area (Å²) >= 11 is 0. The van der Waals surface area contributed by atoms with E-state index in [1.54, 1.807) is 7.11 Å². The van der Waals surface area contributed by atoms with Crippen molar-refractivity contribution in [2.75, 3.05) is 13.7 Å². The van der Waals surface area contributed by atoms with Gasteiger partial charge in [-0.25, -0.2) is 0 Å². The fourth-order valence-electron chi connectivity index (χ4n) is 1.29. The van der Waals surface area contributed by atoms with Gasteiger partial charge >= 0.3 is 0 Å². The minimum absolute atomic E-state index is 0.764. The molecule has 0 bridgehead atoms. The molecule has 68 valence electrons. The van der Waals surface area contributed by atoms with E-state index in [1.807, 2.05) is 0 Å². The molecule has 0 aliphatic carbocycles. The van der Waals surface area contributed by atoms with Crippen molar-refractivity contribution in [2.45, 2.75) is 40.0 Å². The molecule has 11 heavy (non-hydrogen) atoms. The Morgan fingerprint density at radius 2 is 1.91 bits per heavy atom. The molecule has 0 heterocycles. The highest BCUT2D eigenvalue weighted by Gasteiger charge is 2.11.